The molecule has 0 bridgehead atoms. The summed E-state index contributed by atoms with van der Waals surface area (Å²) in [5.41, 5.74) is 0. The zero-order valence-electron chi connectivity index (χ0n) is 7.19. The molecule has 0 unspecified atom stereocenters. The van der Waals surface area contributed by atoms with Crippen LogP contribution in [0, 0.1) is 6.33 Å². The molecule has 0 N–H and O–H groups in total. The number of aromatic nitrogens is 3. The fourth-order valence-electron chi connectivity index (χ4n) is 0.745. The largest absolute Gasteiger partial charge is 0.349 e. The van der Waals surface area contributed by atoms with Gasteiger partial charge >= 0.3 is 0 Å². The highest BCUT2D eigenvalue weighted by atomic mass is 16.2. The Morgan fingerprint density at radius 2 is 2.42 bits per heavy atom. The van der Waals surface area contributed by atoms with E-state index >= 15 is 0 Å². The van der Waals surface area contributed by atoms with Crippen LogP contribution in [0.15, 0.2) is 6.33 Å². The molecule has 0 aliphatic heterocycles. The second-order valence-electron chi connectivity index (χ2n) is 2.66. The first-order valence-corrected chi connectivity index (χ1v) is 3.66. The van der Waals surface area contributed by atoms with Crippen LogP contribution in [-0.4, -0.2) is 39.7 Å². The third kappa shape index (κ3) is 2.34. The number of amides is 1. The van der Waals surface area contributed by atoms with Gasteiger partial charge in [-0.25, -0.2) is 0 Å². The Balaban J connectivity index is 2.32. The van der Waals surface area contributed by atoms with Gasteiger partial charge in [0.2, 0.25) is 12.2 Å². The third-order valence-electron chi connectivity index (χ3n) is 1.49. The minimum Gasteiger partial charge on any atom is -0.349 e. The zero-order valence-corrected chi connectivity index (χ0v) is 7.19. The van der Waals surface area contributed by atoms with Gasteiger partial charge < -0.3 is 9.47 Å². The van der Waals surface area contributed by atoms with E-state index in [2.05, 4.69) is 16.5 Å². The first-order chi connectivity index (χ1) is 5.70. The topological polar surface area (TPSA) is 51.0 Å². The fourth-order valence-corrected chi connectivity index (χ4v) is 0.745. The van der Waals surface area contributed by atoms with Crippen molar-refractivity contribution in [2.75, 3.05) is 14.1 Å². The van der Waals surface area contributed by atoms with Crippen molar-refractivity contribution < 1.29 is 4.79 Å². The van der Waals surface area contributed by atoms with E-state index in [1.165, 1.54) is 0 Å². The van der Waals surface area contributed by atoms with Crippen molar-refractivity contribution >= 4 is 5.91 Å². The molecule has 12 heavy (non-hydrogen) atoms. The molecule has 1 aromatic rings. The summed E-state index contributed by atoms with van der Waals surface area (Å²) in [5, 5.41) is 7.09. The summed E-state index contributed by atoms with van der Waals surface area (Å²) in [7, 11) is 3.47. The quantitative estimate of drug-likeness (QED) is 0.613. The monoisotopic (exact) mass is 167 g/mol. The lowest BCUT2D eigenvalue weighted by Crippen LogP contribution is -2.22. The van der Waals surface area contributed by atoms with E-state index in [1.54, 1.807) is 29.9 Å². The molecule has 0 aliphatic carbocycles. The SMILES string of the molecule is CN(C)C(=O)CCn1[c]nnc1. The summed E-state index contributed by atoms with van der Waals surface area (Å²) >= 11 is 0. The standard InChI is InChI=1S/C7H11N4O/c1-10(2)7(12)3-4-11-5-8-9-6-11/h5H,3-4H2,1-2H3. The number of aryl methyl sites for hydroxylation is 1. The molecule has 1 radical (unpaired) electrons. The molecule has 1 amide bonds. The minimum absolute atomic E-state index is 0.0945. The number of carbonyl (C=O) groups is 1. The lowest BCUT2D eigenvalue weighted by Gasteiger charge is -2.09. The van der Waals surface area contributed by atoms with E-state index in [4.69, 9.17) is 0 Å². The van der Waals surface area contributed by atoms with Gasteiger partial charge in [-0.15, -0.1) is 10.2 Å². The summed E-state index contributed by atoms with van der Waals surface area (Å²) in [6.07, 6.45) is 4.62. The summed E-state index contributed by atoms with van der Waals surface area (Å²) in [4.78, 5) is 12.7. The maximum atomic E-state index is 11.1. The van der Waals surface area contributed by atoms with Gasteiger partial charge in [0, 0.05) is 27.1 Å². The van der Waals surface area contributed by atoms with Crippen molar-refractivity contribution in [1.29, 1.82) is 0 Å². The Morgan fingerprint density at radius 1 is 1.67 bits per heavy atom. The van der Waals surface area contributed by atoms with Crippen molar-refractivity contribution in [3.63, 3.8) is 0 Å². The average Bonchev–Trinajstić information content (AvgIpc) is 2.51. The van der Waals surface area contributed by atoms with Gasteiger partial charge in [0.05, 0.1) is 0 Å². The molecule has 1 heterocycles. The van der Waals surface area contributed by atoms with Crippen LogP contribution < -0.4 is 0 Å². The molecule has 0 aliphatic rings. The lowest BCUT2D eigenvalue weighted by molar-refractivity contribution is -0.128. The Labute approximate surface area is 71.0 Å². The zero-order chi connectivity index (χ0) is 8.97. The Hall–Kier alpha value is -1.39. The van der Waals surface area contributed by atoms with E-state index in [0.717, 1.165) is 0 Å². The van der Waals surface area contributed by atoms with E-state index in [1.807, 2.05) is 0 Å². The van der Waals surface area contributed by atoms with Gasteiger partial charge in [-0.2, -0.15) is 0 Å². The summed E-state index contributed by atoms with van der Waals surface area (Å²) in [5.74, 6) is 0.0945. The van der Waals surface area contributed by atoms with E-state index in [0.29, 0.717) is 13.0 Å². The highest BCUT2D eigenvalue weighted by Crippen LogP contribution is 1.91. The van der Waals surface area contributed by atoms with Crippen LogP contribution in [0.25, 0.3) is 0 Å². The van der Waals surface area contributed by atoms with Gasteiger partial charge in [0.1, 0.15) is 6.33 Å². The van der Waals surface area contributed by atoms with Gasteiger partial charge in [0.25, 0.3) is 0 Å². The molecule has 1 aromatic heterocycles. The lowest BCUT2D eigenvalue weighted by atomic mass is 10.4. The molecule has 0 saturated carbocycles. The van der Waals surface area contributed by atoms with Crippen molar-refractivity contribution in [2.45, 2.75) is 13.0 Å². The highest BCUT2D eigenvalue weighted by Gasteiger charge is 2.03. The predicted molar refractivity (Wildman–Crippen MR) is 42.2 cm³/mol. The van der Waals surface area contributed by atoms with Crippen LogP contribution in [-0.2, 0) is 11.3 Å². The second kappa shape index (κ2) is 3.85. The van der Waals surface area contributed by atoms with Crippen molar-refractivity contribution in [1.82, 2.24) is 19.7 Å². The molecule has 1 rings (SSSR count). The molecule has 5 heteroatoms. The normalized spacial score (nSPS) is 9.83. The van der Waals surface area contributed by atoms with Gasteiger partial charge in [-0.1, -0.05) is 0 Å². The molecular weight excluding hydrogens is 156 g/mol. The maximum Gasteiger partial charge on any atom is 0.223 e. The summed E-state index contributed by atoms with van der Waals surface area (Å²) in [6.45, 7) is 0.587. The molecule has 0 fully saturated rings. The molecule has 5 nitrogen and oxygen atoms in total. The summed E-state index contributed by atoms with van der Waals surface area (Å²) < 4.78 is 1.65. The van der Waals surface area contributed by atoms with Crippen LogP contribution >= 0.6 is 0 Å². The number of hydrogen-bond donors (Lipinski definition) is 0. The first-order valence-electron chi connectivity index (χ1n) is 3.66. The minimum atomic E-state index is 0.0945. The predicted octanol–water partition coefficient (Wildman–Crippen LogP) is -0.443. The number of rotatable bonds is 3. The van der Waals surface area contributed by atoms with Crippen LogP contribution in [0.1, 0.15) is 6.42 Å². The number of carbonyl (C=O) groups excluding carboxylic acids is 1. The van der Waals surface area contributed by atoms with Crippen molar-refractivity contribution in [3.8, 4) is 0 Å². The third-order valence-corrected chi connectivity index (χ3v) is 1.49. The maximum absolute atomic E-state index is 11.1. The first kappa shape index (κ1) is 8.70. The second-order valence-corrected chi connectivity index (χ2v) is 2.66. The number of nitrogens with zero attached hydrogens (tertiary/aromatic N) is 4. The highest BCUT2D eigenvalue weighted by molar-refractivity contribution is 5.75. The van der Waals surface area contributed by atoms with E-state index < -0.39 is 0 Å². The number of hydrogen-bond acceptors (Lipinski definition) is 3. The molecule has 0 spiro atoms. The van der Waals surface area contributed by atoms with Crippen molar-refractivity contribution in [2.24, 2.45) is 0 Å². The van der Waals surface area contributed by atoms with Crippen LogP contribution in [0.3, 0.4) is 0 Å². The fraction of sp³-hybridized carbons (Fsp3) is 0.571. The van der Waals surface area contributed by atoms with E-state index in [9.17, 15) is 4.79 Å². The van der Waals surface area contributed by atoms with Gasteiger partial charge in [-0.3, -0.25) is 4.79 Å². The molecule has 0 aromatic carbocycles. The van der Waals surface area contributed by atoms with Crippen LogP contribution in [0.5, 0.6) is 0 Å². The molecular formula is C7H11N4O. The van der Waals surface area contributed by atoms with E-state index in [-0.39, 0.29) is 5.91 Å². The summed E-state index contributed by atoms with van der Waals surface area (Å²) in [6, 6.07) is 0. The van der Waals surface area contributed by atoms with Crippen LogP contribution in [0.4, 0.5) is 0 Å². The van der Waals surface area contributed by atoms with Gasteiger partial charge in [0.15, 0.2) is 0 Å². The van der Waals surface area contributed by atoms with Crippen LogP contribution in [0.2, 0.25) is 0 Å². The van der Waals surface area contributed by atoms with Crippen molar-refractivity contribution in [3.05, 3.63) is 12.7 Å². The smallest absolute Gasteiger partial charge is 0.223 e. The molecule has 65 valence electrons. The Morgan fingerprint density at radius 3 is 2.92 bits per heavy atom. The molecule has 0 saturated heterocycles. The molecule has 0 atom stereocenters. The average molecular weight is 167 g/mol. The Kier molecular flexibility index (Phi) is 2.79. The Bertz CT molecular complexity index is 242. The van der Waals surface area contributed by atoms with Gasteiger partial charge in [-0.05, 0) is 0 Å².